The first kappa shape index (κ1) is 15.8. The Morgan fingerprint density at radius 2 is 2.05 bits per heavy atom. The van der Waals surface area contributed by atoms with Crippen LogP contribution >= 0.6 is 39.1 Å². The summed E-state index contributed by atoms with van der Waals surface area (Å²) in [5.41, 5.74) is 2.69. The van der Waals surface area contributed by atoms with E-state index in [0.29, 0.717) is 16.5 Å². The van der Waals surface area contributed by atoms with Crippen molar-refractivity contribution in [3.63, 3.8) is 0 Å². The van der Waals surface area contributed by atoms with Gasteiger partial charge in [0.1, 0.15) is 0 Å². The van der Waals surface area contributed by atoms with Gasteiger partial charge in [-0.2, -0.15) is 5.10 Å². The molecule has 0 fully saturated rings. The lowest BCUT2D eigenvalue weighted by Gasteiger charge is -2.12. The lowest BCUT2D eigenvalue weighted by Crippen LogP contribution is -2.07. The first-order chi connectivity index (χ1) is 9.43. The Kier molecular flexibility index (Phi) is 5.13. The Balaban J connectivity index is 2.25. The number of benzene rings is 1. The van der Waals surface area contributed by atoms with Gasteiger partial charge in [-0.25, -0.2) is 0 Å². The summed E-state index contributed by atoms with van der Waals surface area (Å²) in [5.74, 6) is 0. The largest absolute Gasteiger partial charge is 0.388 e. The zero-order chi connectivity index (χ0) is 14.9. The highest BCUT2D eigenvalue weighted by Crippen LogP contribution is 2.29. The summed E-state index contributed by atoms with van der Waals surface area (Å²) in [5, 5.41) is 15.7. The van der Waals surface area contributed by atoms with Gasteiger partial charge in [-0.1, -0.05) is 36.2 Å². The van der Waals surface area contributed by atoms with Gasteiger partial charge in [-0.3, -0.25) is 4.68 Å². The van der Waals surface area contributed by atoms with E-state index in [2.05, 4.69) is 21.0 Å². The van der Waals surface area contributed by atoms with E-state index in [9.17, 15) is 5.11 Å². The fraction of sp³-hybridized carbons (Fsp3) is 0.357. The maximum atomic E-state index is 10.4. The maximum Gasteiger partial charge on any atom is 0.0846 e. The van der Waals surface area contributed by atoms with E-state index >= 15 is 0 Å². The van der Waals surface area contributed by atoms with Crippen LogP contribution in [0.5, 0.6) is 0 Å². The lowest BCUT2D eigenvalue weighted by atomic mass is 10.0. The van der Waals surface area contributed by atoms with Crippen LogP contribution in [-0.2, 0) is 19.9 Å². The van der Waals surface area contributed by atoms with Crippen molar-refractivity contribution in [3.8, 4) is 0 Å². The zero-order valence-corrected chi connectivity index (χ0v) is 14.3. The summed E-state index contributed by atoms with van der Waals surface area (Å²) in [4.78, 5) is 0. The number of aryl methyl sites for hydroxylation is 2. The third-order valence-electron chi connectivity index (χ3n) is 3.22. The van der Waals surface area contributed by atoms with Gasteiger partial charge < -0.3 is 5.11 Å². The maximum absolute atomic E-state index is 10.4. The van der Waals surface area contributed by atoms with Crippen LogP contribution in [0, 0.1) is 0 Å². The van der Waals surface area contributed by atoms with E-state index in [1.165, 1.54) is 0 Å². The Morgan fingerprint density at radius 3 is 2.60 bits per heavy atom. The summed E-state index contributed by atoms with van der Waals surface area (Å²) < 4.78 is 2.76. The van der Waals surface area contributed by atoms with Gasteiger partial charge in [0.2, 0.25) is 0 Å². The van der Waals surface area contributed by atoms with Crippen molar-refractivity contribution >= 4 is 39.1 Å². The molecule has 2 rings (SSSR count). The van der Waals surface area contributed by atoms with E-state index < -0.39 is 6.10 Å². The molecule has 0 bridgehead atoms. The van der Waals surface area contributed by atoms with Gasteiger partial charge in [0.15, 0.2) is 0 Å². The number of hydrogen-bond donors (Lipinski definition) is 1. The Bertz CT molecular complexity index is 628. The molecule has 20 heavy (non-hydrogen) atoms. The molecule has 1 unspecified atom stereocenters. The van der Waals surface area contributed by atoms with Crippen molar-refractivity contribution in [1.82, 2.24) is 9.78 Å². The number of aliphatic hydroxyl groups excluding tert-OH is 1. The van der Waals surface area contributed by atoms with Crippen LogP contribution < -0.4 is 0 Å². The number of aromatic nitrogens is 2. The average Bonchev–Trinajstić information content (AvgIpc) is 2.69. The molecule has 0 aliphatic carbocycles. The molecule has 108 valence electrons. The van der Waals surface area contributed by atoms with E-state index in [1.807, 2.05) is 14.0 Å². The minimum atomic E-state index is -0.652. The highest BCUT2D eigenvalue weighted by atomic mass is 79.9. The second kappa shape index (κ2) is 6.48. The first-order valence-corrected chi connectivity index (χ1v) is 7.82. The van der Waals surface area contributed by atoms with Crippen molar-refractivity contribution < 1.29 is 5.11 Å². The van der Waals surface area contributed by atoms with Gasteiger partial charge in [-0.05, 0) is 40.0 Å². The van der Waals surface area contributed by atoms with Crippen LogP contribution in [-0.4, -0.2) is 14.9 Å². The fourth-order valence-electron chi connectivity index (χ4n) is 2.06. The summed E-state index contributed by atoms with van der Waals surface area (Å²) in [6.45, 7) is 2.05. The van der Waals surface area contributed by atoms with E-state index in [-0.39, 0.29) is 0 Å². The number of halogens is 3. The topological polar surface area (TPSA) is 38.0 Å². The molecule has 0 spiro atoms. The molecule has 1 aromatic carbocycles. The van der Waals surface area contributed by atoms with Crippen LogP contribution in [0.2, 0.25) is 10.0 Å². The highest BCUT2D eigenvalue weighted by molar-refractivity contribution is 9.10. The molecule has 3 nitrogen and oxygen atoms in total. The van der Waals surface area contributed by atoms with Gasteiger partial charge in [-0.15, -0.1) is 0 Å². The van der Waals surface area contributed by atoms with E-state index in [0.717, 1.165) is 27.8 Å². The Morgan fingerprint density at radius 1 is 1.35 bits per heavy atom. The number of rotatable bonds is 4. The van der Waals surface area contributed by atoms with Crippen LogP contribution in [0.25, 0.3) is 0 Å². The second-order valence-electron chi connectivity index (χ2n) is 4.58. The molecular weight excluding hydrogens is 363 g/mol. The first-order valence-electron chi connectivity index (χ1n) is 6.27. The fourth-order valence-corrected chi connectivity index (χ4v) is 3.15. The Hall–Kier alpha value is -0.550. The zero-order valence-electron chi connectivity index (χ0n) is 11.2. The number of aliphatic hydroxyl groups is 1. The lowest BCUT2D eigenvalue weighted by molar-refractivity contribution is 0.175. The molecule has 0 amide bonds. The van der Waals surface area contributed by atoms with Crippen LogP contribution in [0.15, 0.2) is 22.7 Å². The molecule has 0 saturated carbocycles. The number of nitrogens with zero attached hydrogens (tertiary/aromatic N) is 2. The third-order valence-corrected chi connectivity index (χ3v) is 4.87. The monoisotopic (exact) mass is 376 g/mol. The van der Waals surface area contributed by atoms with E-state index in [1.54, 1.807) is 22.9 Å². The number of hydrogen-bond acceptors (Lipinski definition) is 2. The summed E-state index contributed by atoms with van der Waals surface area (Å²) in [6, 6.07) is 5.17. The average molecular weight is 378 g/mol. The van der Waals surface area contributed by atoms with Crippen LogP contribution in [0.4, 0.5) is 0 Å². The second-order valence-corrected chi connectivity index (χ2v) is 6.19. The SMILES string of the molecule is CCc1nn(C)c(CC(O)c2ccc(Cl)c(Cl)c2)c1Br. The van der Waals surface area contributed by atoms with Crippen molar-refractivity contribution in [3.05, 3.63) is 49.7 Å². The molecule has 1 atom stereocenters. The highest BCUT2D eigenvalue weighted by Gasteiger charge is 2.18. The molecule has 6 heteroatoms. The van der Waals surface area contributed by atoms with Gasteiger partial charge in [0, 0.05) is 13.5 Å². The summed E-state index contributed by atoms with van der Waals surface area (Å²) >= 11 is 15.4. The van der Waals surface area contributed by atoms with Crippen molar-refractivity contribution in [2.75, 3.05) is 0 Å². The normalized spacial score (nSPS) is 12.7. The van der Waals surface area contributed by atoms with Gasteiger partial charge >= 0.3 is 0 Å². The van der Waals surface area contributed by atoms with Crippen LogP contribution in [0.3, 0.4) is 0 Å². The molecule has 1 N–H and O–H groups in total. The predicted molar refractivity (Wildman–Crippen MR) is 85.4 cm³/mol. The third kappa shape index (κ3) is 3.19. The molecule has 0 aliphatic rings. The summed E-state index contributed by atoms with van der Waals surface area (Å²) in [7, 11) is 1.88. The minimum absolute atomic E-state index is 0.446. The molecule has 0 radical (unpaired) electrons. The molecule has 1 heterocycles. The van der Waals surface area contributed by atoms with Crippen LogP contribution in [0.1, 0.15) is 30.0 Å². The van der Waals surface area contributed by atoms with Gasteiger partial charge in [0.05, 0.1) is 32.0 Å². The van der Waals surface area contributed by atoms with E-state index in [4.69, 9.17) is 23.2 Å². The van der Waals surface area contributed by atoms with Gasteiger partial charge in [0.25, 0.3) is 0 Å². The van der Waals surface area contributed by atoms with Crippen molar-refractivity contribution in [1.29, 1.82) is 0 Å². The molecule has 1 aromatic heterocycles. The predicted octanol–water partition coefficient (Wildman–Crippen LogP) is 4.33. The standard InChI is InChI=1S/C14H15BrCl2N2O/c1-3-11-14(15)12(19(2)18-11)7-13(20)8-4-5-9(16)10(17)6-8/h4-6,13,20H,3,7H2,1-2H3. The smallest absolute Gasteiger partial charge is 0.0846 e. The molecule has 0 saturated heterocycles. The summed E-state index contributed by atoms with van der Waals surface area (Å²) in [6.07, 6.45) is 0.653. The molecule has 0 aliphatic heterocycles. The Labute approximate surface area is 136 Å². The quantitative estimate of drug-likeness (QED) is 0.861. The van der Waals surface area contributed by atoms with Crippen molar-refractivity contribution in [2.45, 2.75) is 25.9 Å². The van der Waals surface area contributed by atoms with Crippen molar-refractivity contribution in [2.24, 2.45) is 7.05 Å². The minimum Gasteiger partial charge on any atom is -0.388 e. The molecule has 2 aromatic rings. The molecular formula is C14H15BrCl2N2O.